The minimum atomic E-state index is -3.97. The molecular formula is C29H21Cl4N3O4S. The lowest BCUT2D eigenvalue weighted by molar-refractivity contribution is -0.112. The number of amides is 1. The summed E-state index contributed by atoms with van der Waals surface area (Å²) < 4.78 is 34.3. The predicted octanol–water partition coefficient (Wildman–Crippen LogP) is 8.14. The number of furan rings is 1. The van der Waals surface area contributed by atoms with Crippen LogP contribution in [0.15, 0.2) is 87.7 Å². The lowest BCUT2D eigenvalue weighted by Crippen LogP contribution is -2.30. The Morgan fingerprint density at radius 1 is 0.902 bits per heavy atom. The maximum absolute atomic E-state index is 13.6. The summed E-state index contributed by atoms with van der Waals surface area (Å²) in [5.41, 5.74) is 1.65. The number of halogens is 4. The van der Waals surface area contributed by atoms with Crippen LogP contribution in [0.25, 0.3) is 6.08 Å². The minimum Gasteiger partial charge on any atom is -0.460 e. The van der Waals surface area contributed by atoms with E-state index in [0.29, 0.717) is 26.3 Å². The monoisotopic (exact) mass is 647 g/mol. The highest BCUT2D eigenvalue weighted by atomic mass is 35.5. The first kappa shape index (κ1) is 30.7. The molecule has 0 bridgehead atoms. The van der Waals surface area contributed by atoms with E-state index in [1.807, 2.05) is 13.0 Å². The summed E-state index contributed by atoms with van der Waals surface area (Å²) in [7, 11) is -3.97. The summed E-state index contributed by atoms with van der Waals surface area (Å²) in [5, 5.41) is 13.4. The molecular weight excluding hydrogens is 628 g/mol. The maximum Gasteiger partial charge on any atom is 0.266 e. The van der Waals surface area contributed by atoms with E-state index in [4.69, 9.17) is 50.8 Å². The predicted molar refractivity (Wildman–Crippen MR) is 161 cm³/mol. The molecule has 1 aromatic heterocycles. The number of hydrogen-bond acceptors (Lipinski definition) is 5. The number of anilines is 1. The van der Waals surface area contributed by atoms with E-state index in [2.05, 4.69) is 5.32 Å². The van der Waals surface area contributed by atoms with Crippen LogP contribution in [0, 0.1) is 18.3 Å². The second-order valence-corrected chi connectivity index (χ2v) is 12.5. The number of aryl methyl sites for hydroxylation is 1. The Morgan fingerprint density at radius 2 is 1.56 bits per heavy atom. The molecule has 210 valence electrons. The van der Waals surface area contributed by atoms with Crippen LogP contribution in [-0.2, 0) is 27.9 Å². The largest absolute Gasteiger partial charge is 0.460 e. The summed E-state index contributed by atoms with van der Waals surface area (Å²) >= 11 is 24.1. The second-order valence-electron chi connectivity index (χ2n) is 8.89. The quantitative estimate of drug-likeness (QED) is 0.146. The molecule has 12 heteroatoms. The van der Waals surface area contributed by atoms with Crippen LogP contribution in [0.3, 0.4) is 0 Å². The van der Waals surface area contributed by atoms with Gasteiger partial charge in [0.05, 0.1) is 31.5 Å². The van der Waals surface area contributed by atoms with Crippen LogP contribution < -0.4 is 5.32 Å². The van der Waals surface area contributed by atoms with Gasteiger partial charge in [-0.3, -0.25) is 4.79 Å². The van der Waals surface area contributed by atoms with E-state index in [-0.39, 0.29) is 40.1 Å². The van der Waals surface area contributed by atoms with Crippen molar-refractivity contribution in [2.75, 3.05) is 5.32 Å². The van der Waals surface area contributed by atoms with Crippen LogP contribution in [0.5, 0.6) is 0 Å². The van der Waals surface area contributed by atoms with E-state index < -0.39 is 15.9 Å². The fourth-order valence-electron chi connectivity index (χ4n) is 3.72. The highest BCUT2D eigenvalue weighted by Gasteiger charge is 2.26. The summed E-state index contributed by atoms with van der Waals surface area (Å²) in [5.74, 6) is -0.218. The number of nitrogens with zero attached hydrogens (tertiary/aromatic N) is 2. The number of rotatable bonds is 9. The molecule has 0 aliphatic rings. The number of benzene rings is 3. The zero-order valence-electron chi connectivity index (χ0n) is 21.4. The van der Waals surface area contributed by atoms with Crippen LogP contribution in [0.4, 0.5) is 5.69 Å². The van der Waals surface area contributed by atoms with Gasteiger partial charge in [0.25, 0.3) is 5.91 Å². The van der Waals surface area contributed by atoms with Gasteiger partial charge >= 0.3 is 0 Å². The van der Waals surface area contributed by atoms with Gasteiger partial charge in [0.1, 0.15) is 23.2 Å². The first-order valence-corrected chi connectivity index (χ1v) is 14.9. The Balaban J connectivity index is 1.59. The lowest BCUT2D eigenvalue weighted by atomic mass is 10.2. The Labute approximate surface area is 257 Å². The Kier molecular flexibility index (Phi) is 9.82. The SMILES string of the molecule is Cc1ccc(S(=O)(=O)N(Cc2ccc(Cl)c(Cl)c2)Cc2ccc(/C=C(/C#N)C(=O)Nc3ccc(Cl)c(Cl)c3)o2)cc1. The second kappa shape index (κ2) is 13.1. The fraction of sp³-hybridized carbons (Fsp3) is 0.103. The molecule has 41 heavy (non-hydrogen) atoms. The lowest BCUT2D eigenvalue weighted by Gasteiger charge is -2.22. The van der Waals surface area contributed by atoms with Crippen LogP contribution in [-0.4, -0.2) is 18.6 Å². The molecule has 1 heterocycles. The molecule has 1 N–H and O–H groups in total. The molecule has 0 unspecified atom stereocenters. The van der Waals surface area contributed by atoms with Gasteiger partial charge in [-0.05, 0) is 67.1 Å². The van der Waals surface area contributed by atoms with Gasteiger partial charge in [0.15, 0.2) is 0 Å². The molecule has 0 aliphatic heterocycles. The van der Waals surface area contributed by atoms with Crippen molar-refractivity contribution in [3.05, 3.63) is 121 Å². The first-order chi connectivity index (χ1) is 19.5. The number of carbonyl (C=O) groups excluding carboxylic acids is 1. The molecule has 4 aromatic rings. The Bertz CT molecular complexity index is 1780. The average Bonchev–Trinajstić information content (AvgIpc) is 3.38. The van der Waals surface area contributed by atoms with Gasteiger partial charge in [0.2, 0.25) is 10.0 Å². The Hall–Kier alpha value is -3.29. The molecule has 0 fully saturated rings. The van der Waals surface area contributed by atoms with Crippen molar-refractivity contribution < 1.29 is 17.6 Å². The van der Waals surface area contributed by atoms with E-state index >= 15 is 0 Å². The number of carbonyl (C=O) groups is 1. The zero-order chi connectivity index (χ0) is 29.7. The van der Waals surface area contributed by atoms with E-state index in [9.17, 15) is 18.5 Å². The van der Waals surface area contributed by atoms with E-state index in [0.717, 1.165) is 5.56 Å². The maximum atomic E-state index is 13.6. The molecule has 0 saturated carbocycles. The molecule has 0 aliphatic carbocycles. The summed E-state index contributed by atoms with van der Waals surface area (Å²) in [4.78, 5) is 12.8. The van der Waals surface area contributed by atoms with Crippen molar-refractivity contribution in [2.24, 2.45) is 0 Å². The Morgan fingerprint density at radius 3 is 2.20 bits per heavy atom. The first-order valence-electron chi connectivity index (χ1n) is 11.9. The normalized spacial score (nSPS) is 11.9. The number of sulfonamides is 1. The minimum absolute atomic E-state index is 0.0194. The zero-order valence-corrected chi connectivity index (χ0v) is 25.2. The molecule has 0 radical (unpaired) electrons. The molecule has 3 aromatic carbocycles. The van der Waals surface area contributed by atoms with Crippen LogP contribution in [0.2, 0.25) is 20.1 Å². The molecule has 1 amide bonds. The van der Waals surface area contributed by atoms with Gasteiger partial charge in [-0.15, -0.1) is 0 Å². The van der Waals surface area contributed by atoms with Gasteiger partial charge in [-0.25, -0.2) is 8.42 Å². The number of nitriles is 1. The van der Waals surface area contributed by atoms with Gasteiger partial charge in [-0.1, -0.05) is 70.2 Å². The standard InChI is InChI=1S/C29H21Cl4N3O4S/c1-18-2-8-24(9-3-18)41(38,39)36(16-19-4-10-25(30)27(32)12-19)17-23-7-6-22(40-23)13-20(15-34)29(37)35-21-5-11-26(31)28(33)14-21/h2-14H,16-17H2,1H3,(H,35,37)/b20-13-. The van der Waals surface area contributed by atoms with E-state index in [1.54, 1.807) is 42.5 Å². The smallest absolute Gasteiger partial charge is 0.266 e. The van der Waals surface area contributed by atoms with Crippen molar-refractivity contribution in [1.29, 1.82) is 5.26 Å². The number of nitrogens with one attached hydrogen (secondary N) is 1. The van der Waals surface area contributed by atoms with Gasteiger partial charge in [-0.2, -0.15) is 9.57 Å². The topological polar surface area (TPSA) is 103 Å². The fourth-order valence-corrected chi connectivity index (χ4v) is 5.73. The third kappa shape index (κ3) is 7.72. The van der Waals surface area contributed by atoms with Crippen molar-refractivity contribution in [1.82, 2.24) is 4.31 Å². The summed E-state index contributed by atoms with van der Waals surface area (Å²) in [6.07, 6.45) is 1.26. The summed E-state index contributed by atoms with van der Waals surface area (Å²) in [6.45, 7) is 1.71. The van der Waals surface area contributed by atoms with Crippen LogP contribution in [0.1, 0.15) is 22.6 Å². The van der Waals surface area contributed by atoms with Gasteiger partial charge in [0, 0.05) is 18.3 Å². The van der Waals surface area contributed by atoms with Crippen molar-refractivity contribution in [3.8, 4) is 6.07 Å². The van der Waals surface area contributed by atoms with Crippen molar-refractivity contribution in [2.45, 2.75) is 24.9 Å². The highest BCUT2D eigenvalue weighted by molar-refractivity contribution is 7.89. The van der Waals surface area contributed by atoms with Crippen molar-refractivity contribution >= 4 is 74.1 Å². The van der Waals surface area contributed by atoms with Crippen molar-refractivity contribution in [3.63, 3.8) is 0 Å². The third-order valence-electron chi connectivity index (χ3n) is 5.85. The molecule has 7 nitrogen and oxygen atoms in total. The number of hydrogen-bond donors (Lipinski definition) is 1. The average molecular weight is 649 g/mol. The third-order valence-corrected chi connectivity index (χ3v) is 9.13. The molecule has 0 atom stereocenters. The van der Waals surface area contributed by atoms with Gasteiger partial charge < -0.3 is 9.73 Å². The van der Waals surface area contributed by atoms with E-state index in [1.165, 1.54) is 40.7 Å². The molecule has 0 spiro atoms. The molecule has 0 saturated heterocycles. The highest BCUT2D eigenvalue weighted by Crippen LogP contribution is 2.28. The van der Waals surface area contributed by atoms with Crippen LogP contribution >= 0.6 is 46.4 Å². The molecule has 4 rings (SSSR count). The summed E-state index contributed by atoms with van der Waals surface area (Å²) in [6, 6.07) is 20.9.